The molecule has 1 unspecified atom stereocenters. The molecule has 0 bridgehead atoms. The highest BCUT2D eigenvalue weighted by molar-refractivity contribution is 5.90. The quantitative estimate of drug-likeness (QED) is 0.898. The van der Waals surface area contributed by atoms with Crippen LogP contribution in [0, 0.1) is 11.3 Å². The molecule has 1 atom stereocenters. The van der Waals surface area contributed by atoms with Crippen LogP contribution >= 0.6 is 0 Å². The number of hydrogen-bond acceptors (Lipinski definition) is 1. The molecule has 0 saturated heterocycles. The fraction of sp³-hybridized carbons (Fsp3) is 0.500. The maximum Gasteiger partial charge on any atom is 0.226 e. The fourth-order valence-corrected chi connectivity index (χ4v) is 3.55. The molecule has 1 aromatic carbocycles. The number of carbonyl (C=O) groups excluding carboxylic acids is 1. The van der Waals surface area contributed by atoms with Crippen LogP contribution in [-0.4, -0.2) is 16.5 Å². The smallest absolute Gasteiger partial charge is 0.226 e. The van der Waals surface area contributed by atoms with Crippen LogP contribution in [0.4, 0.5) is 0 Å². The second-order valence-electron chi connectivity index (χ2n) is 6.83. The van der Waals surface area contributed by atoms with Crippen molar-refractivity contribution in [3.8, 4) is 0 Å². The minimum Gasteiger partial charge on any atom is -0.353 e. The van der Waals surface area contributed by atoms with Crippen molar-refractivity contribution in [1.82, 2.24) is 9.88 Å². The molecule has 21 heavy (non-hydrogen) atoms. The minimum absolute atomic E-state index is 0.0756. The van der Waals surface area contributed by atoms with Crippen LogP contribution in [-0.2, 0) is 18.3 Å². The van der Waals surface area contributed by atoms with E-state index in [0.29, 0.717) is 11.8 Å². The molecule has 1 amide bonds. The van der Waals surface area contributed by atoms with Crippen molar-refractivity contribution in [1.29, 1.82) is 0 Å². The topological polar surface area (TPSA) is 34.0 Å². The molecule has 110 valence electrons. The van der Waals surface area contributed by atoms with Crippen molar-refractivity contribution in [2.75, 3.05) is 0 Å². The number of nitrogens with one attached hydrogen (secondary N) is 1. The normalized spacial score (nSPS) is 27.2. The van der Waals surface area contributed by atoms with Gasteiger partial charge in [0.1, 0.15) is 0 Å². The Bertz CT molecular complexity index is 709. The molecule has 0 radical (unpaired) electrons. The van der Waals surface area contributed by atoms with Crippen LogP contribution in [0.25, 0.3) is 10.9 Å². The monoisotopic (exact) mass is 282 g/mol. The van der Waals surface area contributed by atoms with E-state index in [1.54, 1.807) is 0 Å². The molecule has 3 heteroatoms. The van der Waals surface area contributed by atoms with Crippen molar-refractivity contribution in [3.05, 3.63) is 36.0 Å². The van der Waals surface area contributed by atoms with Gasteiger partial charge in [-0.05, 0) is 43.2 Å². The minimum atomic E-state index is 0.0756. The van der Waals surface area contributed by atoms with Crippen LogP contribution in [0.15, 0.2) is 30.5 Å². The number of carbonyl (C=O) groups is 1. The molecular formula is C18H22N2O. The van der Waals surface area contributed by atoms with Gasteiger partial charge in [0, 0.05) is 30.2 Å². The summed E-state index contributed by atoms with van der Waals surface area (Å²) >= 11 is 0. The van der Waals surface area contributed by atoms with Gasteiger partial charge in [-0.3, -0.25) is 4.79 Å². The number of aryl methyl sites for hydroxylation is 1. The van der Waals surface area contributed by atoms with Crippen LogP contribution < -0.4 is 5.32 Å². The highest BCUT2D eigenvalue weighted by Gasteiger charge is 2.74. The molecule has 1 aromatic heterocycles. The van der Waals surface area contributed by atoms with Crippen LogP contribution in [0.5, 0.6) is 0 Å². The van der Waals surface area contributed by atoms with E-state index >= 15 is 0 Å². The molecule has 4 rings (SSSR count). The van der Waals surface area contributed by atoms with Gasteiger partial charge in [-0.2, -0.15) is 0 Å². The lowest BCUT2D eigenvalue weighted by atomic mass is 10.0. The van der Waals surface area contributed by atoms with Gasteiger partial charge in [0.15, 0.2) is 0 Å². The van der Waals surface area contributed by atoms with Crippen molar-refractivity contribution < 1.29 is 4.79 Å². The maximum atomic E-state index is 12.3. The van der Waals surface area contributed by atoms with E-state index in [1.807, 2.05) is 0 Å². The Hall–Kier alpha value is -1.77. The first-order chi connectivity index (χ1) is 10.1. The van der Waals surface area contributed by atoms with Gasteiger partial charge in [0.25, 0.3) is 0 Å². The number of hydrogen-bond donors (Lipinski definition) is 1. The Labute approximate surface area is 125 Å². The number of amides is 1. The Balaban J connectivity index is 1.53. The van der Waals surface area contributed by atoms with E-state index in [4.69, 9.17) is 0 Å². The standard InChI is InChI=1S/C18H22N2O/c1-3-14(19-17(21)18-9-13(18)10-18)8-12-11-20(2)16-7-5-4-6-15(12)16/h4-7,11,13-14H,3,8-10H2,1-2H3,(H,19,21). The second-order valence-corrected chi connectivity index (χ2v) is 6.83. The first kappa shape index (κ1) is 12.9. The summed E-state index contributed by atoms with van der Waals surface area (Å²) in [6.07, 6.45) is 6.36. The van der Waals surface area contributed by atoms with E-state index in [-0.39, 0.29) is 11.5 Å². The first-order valence-electron chi connectivity index (χ1n) is 7.98. The van der Waals surface area contributed by atoms with E-state index in [1.165, 1.54) is 16.5 Å². The summed E-state index contributed by atoms with van der Waals surface area (Å²) in [7, 11) is 2.09. The summed E-state index contributed by atoms with van der Waals surface area (Å²) in [6, 6.07) is 8.74. The molecule has 2 aliphatic rings. The largest absolute Gasteiger partial charge is 0.353 e. The number of nitrogens with zero attached hydrogens (tertiary/aromatic N) is 1. The Morgan fingerprint density at radius 3 is 2.81 bits per heavy atom. The van der Waals surface area contributed by atoms with Crippen LogP contribution in [0.3, 0.4) is 0 Å². The molecular weight excluding hydrogens is 260 g/mol. The van der Waals surface area contributed by atoms with Crippen LogP contribution in [0.1, 0.15) is 31.7 Å². The molecule has 2 saturated carbocycles. The molecule has 0 spiro atoms. The van der Waals surface area contributed by atoms with E-state index in [2.05, 4.69) is 54.3 Å². The average Bonchev–Trinajstić information content (AvgIpc) is 3.32. The lowest BCUT2D eigenvalue weighted by Crippen LogP contribution is -2.38. The Morgan fingerprint density at radius 2 is 2.14 bits per heavy atom. The lowest BCUT2D eigenvalue weighted by Gasteiger charge is -2.18. The molecule has 2 fully saturated rings. The van der Waals surface area contributed by atoms with E-state index in [9.17, 15) is 4.79 Å². The average molecular weight is 282 g/mol. The zero-order valence-electron chi connectivity index (χ0n) is 12.7. The van der Waals surface area contributed by atoms with Gasteiger partial charge in [-0.25, -0.2) is 0 Å². The van der Waals surface area contributed by atoms with Gasteiger partial charge in [-0.1, -0.05) is 25.1 Å². The summed E-state index contributed by atoms with van der Waals surface area (Å²) in [5.41, 5.74) is 2.67. The lowest BCUT2D eigenvalue weighted by molar-refractivity contribution is -0.125. The highest BCUT2D eigenvalue weighted by atomic mass is 16.2. The molecule has 3 nitrogen and oxygen atoms in total. The van der Waals surface area contributed by atoms with E-state index in [0.717, 1.165) is 25.7 Å². The molecule has 2 aliphatic carbocycles. The SMILES string of the molecule is CCC(Cc1cn(C)c2ccccc12)NC(=O)C12CC1C2. The number of fused-ring (bicyclic) bond motifs is 2. The first-order valence-corrected chi connectivity index (χ1v) is 7.98. The summed E-state index contributed by atoms with van der Waals surface area (Å²) in [5.74, 6) is 1.02. The van der Waals surface area contributed by atoms with E-state index < -0.39 is 0 Å². The summed E-state index contributed by atoms with van der Waals surface area (Å²) < 4.78 is 2.18. The van der Waals surface area contributed by atoms with Crippen molar-refractivity contribution >= 4 is 16.8 Å². The molecule has 2 aromatic rings. The highest BCUT2D eigenvalue weighted by Crippen LogP contribution is 2.75. The third kappa shape index (κ3) is 1.98. The van der Waals surface area contributed by atoms with Crippen LogP contribution in [0.2, 0.25) is 0 Å². The second kappa shape index (κ2) is 4.36. The van der Waals surface area contributed by atoms with Gasteiger partial charge in [0.2, 0.25) is 5.91 Å². The van der Waals surface area contributed by atoms with Crippen molar-refractivity contribution in [2.45, 2.75) is 38.6 Å². The predicted molar refractivity (Wildman–Crippen MR) is 84.0 cm³/mol. The summed E-state index contributed by atoms with van der Waals surface area (Å²) in [4.78, 5) is 12.3. The zero-order valence-corrected chi connectivity index (χ0v) is 12.7. The predicted octanol–water partition coefficient (Wildman–Crippen LogP) is 3.03. The number of aromatic nitrogens is 1. The van der Waals surface area contributed by atoms with Gasteiger partial charge < -0.3 is 9.88 Å². The van der Waals surface area contributed by atoms with Gasteiger partial charge in [-0.15, -0.1) is 0 Å². The van der Waals surface area contributed by atoms with Crippen molar-refractivity contribution in [2.24, 2.45) is 18.4 Å². The third-order valence-electron chi connectivity index (χ3n) is 5.41. The number of benzene rings is 1. The Morgan fingerprint density at radius 1 is 1.43 bits per heavy atom. The Kier molecular flexibility index (Phi) is 2.69. The number of para-hydroxylation sites is 1. The van der Waals surface area contributed by atoms with Crippen molar-refractivity contribution in [3.63, 3.8) is 0 Å². The maximum absolute atomic E-state index is 12.3. The van der Waals surface area contributed by atoms with Gasteiger partial charge in [0.05, 0.1) is 5.41 Å². The molecule has 1 heterocycles. The van der Waals surface area contributed by atoms with Gasteiger partial charge >= 0.3 is 0 Å². The zero-order chi connectivity index (χ0) is 14.6. The molecule has 0 aliphatic heterocycles. The molecule has 1 N–H and O–H groups in total. The summed E-state index contributed by atoms with van der Waals surface area (Å²) in [5, 5.41) is 4.59. The third-order valence-corrected chi connectivity index (χ3v) is 5.41. The fourth-order valence-electron chi connectivity index (χ4n) is 3.55. The number of rotatable bonds is 5. The summed E-state index contributed by atoms with van der Waals surface area (Å²) in [6.45, 7) is 2.16.